The van der Waals surface area contributed by atoms with Crippen molar-refractivity contribution < 1.29 is 14.3 Å². The second kappa shape index (κ2) is 13.7. The lowest BCUT2D eigenvalue weighted by atomic mass is 9.98. The van der Waals surface area contributed by atoms with Crippen LogP contribution in [-0.2, 0) is 24.8 Å². The number of aromatic nitrogens is 3. The average molecular weight is 656 g/mol. The first-order chi connectivity index (χ1) is 22.5. The fraction of sp³-hybridized carbons (Fsp3) is 0.421. The summed E-state index contributed by atoms with van der Waals surface area (Å²) in [5.41, 5.74) is 5.71. The van der Waals surface area contributed by atoms with Crippen molar-refractivity contribution in [3.05, 3.63) is 82.3 Å². The summed E-state index contributed by atoms with van der Waals surface area (Å²) in [7, 11) is 1.96. The van der Waals surface area contributed by atoms with Gasteiger partial charge in [0.25, 0.3) is 0 Å². The van der Waals surface area contributed by atoms with E-state index in [0.717, 1.165) is 94.6 Å². The van der Waals surface area contributed by atoms with E-state index in [1.54, 1.807) is 0 Å². The van der Waals surface area contributed by atoms with E-state index in [1.807, 2.05) is 69.8 Å². The maximum Gasteiger partial charge on any atom is 0.355 e. The number of nitrogens with zero attached hydrogens (tertiary/aromatic N) is 4. The molecule has 1 aliphatic rings. The number of hydrogen-bond donors (Lipinski definition) is 1. The van der Waals surface area contributed by atoms with Crippen molar-refractivity contribution in [2.24, 2.45) is 7.05 Å². The SMILES string of the molecule is Cc1nn(C)c(C)c1-c1c(Cl)ccc2c(CCCOc3cccc4ccccc34)c(C(=O)OC(C)(C)C)n(CCN3CCNCC3)c12. The molecule has 0 unspecified atom stereocenters. The average Bonchev–Trinajstić information content (AvgIpc) is 3.49. The molecule has 0 amide bonds. The summed E-state index contributed by atoms with van der Waals surface area (Å²) >= 11 is 7.10. The molecular formula is C38H46ClN5O3. The molecule has 0 atom stereocenters. The molecule has 5 aromatic rings. The molecule has 47 heavy (non-hydrogen) atoms. The van der Waals surface area contributed by atoms with E-state index in [-0.39, 0.29) is 5.97 Å². The number of piperazine rings is 1. The molecule has 0 aliphatic carbocycles. The maximum atomic E-state index is 14.2. The van der Waals surface area contributed by atoms with Gasteiger partial charge in [0, 0.05) is 73.9 Å². The Balaban J connectivity index is 1.45. The van der Waals surface area contributed by atoms with Crippen LogP contribution in [0.15, 0.2) is 54.6 Å². The molecule has 3 heterocycles. The van der Waals surface area contributed by atoms with Crippen molar-refractivity contribution in [3.8, 4) is 16.9 Å². The van der Waals surface area contributed by atoms with Gasteiger partial charge in [-0.2, -0.15) is 5.10 Å². The molecular weight excluding hydrogens is 610 g/mol. The molecule has 0 radical (unpaired) electrons. The fourth-order valence-electron chi connectivity index (χ4n) is 6.83. The summed E-state index contributed by atoms with van der Waals surface area (Å²) in [4.78, 5) is 16.7. The molecule has 9 heteroatoms. The largest absolute Gasteiger partial charge is 0.493 e. The number of nitrogens with one attached hydrogen (secondary N) is 1. The van der Waals surface area contributed by atoms with Crippen LogP contribution in [0.2, 0.25) is 5.02 Å². The minimum Gasteiger partial charge on any atom is -0.493 e. The highest BCUT2D eigenvalue weighted by Gasteiger charge is 2.31. The topological polar surface area (TPSA) is 73.6 Å². The Hall–Kier alpha value is -3.85. The molecule has 0 spiro atoms. The lowest BCUT2D eigenvalue weighted by Crippen LogP contribution is -2.44. The highest BCUT2D eigenvalue weighted by molar-refractivity contribution is 6.35. The molecule has 6 rings (SSSR count). The number of ether oxygens (including phenoxy) is 2. The van der Waals surface area contributed by atoms with Crippen molar-refractivity contribution in [1.29, 1.82) is 0 Å². The first-order valence-corrected chi connectivity index (χ1v) is 17.0. The molecule has 0 bridgehead atoms. The van der Waals surface area contributed by atoms with Crippen LogP contribution >= 0.6 is 11.6 Å². The first kappa shape index (κ1) is 33.1. The summed E-state index contributed by atoms with van der Waals surface area (Å²) in [5.74, 6) is 0.547. The van der Waals surface area contributed by atoms with E-state index < -0.39 is 5.60 Å². The number of aryl methyl sites for hydroxylation is 3. The van der Waals surface area contributed by atoms with E-state index in [1.165, 1.54) is 0 Å². The van der Waals surface area contributed by atoms with Gasteiger partial charge in [-0.1, -0.05) is 54.1 Å². The van der Waals surface area contributed by atoms with E-state index in [4.69, 9.17) is 26.2 Å². The Morgan fingerprint density at radius 1 is 0.957 bits per heavy atom. The smallest absolute Gasteiger partial charge is 0.355 e. The number of halogens is 1. The van der Waals surface area contributed by atoms with E-state index >= 15 is 0 Å². The van der Waals surface area contributed by atoms with Crippen molar-refractivity contribution in [3.63, 3.8) is 0 Å². The summed E-state index contributed by atoms with van der Waals surface area (Å²) in [5, 5.41) is 12.1. The van der Waals surface area contributed by atoms with E-state index in [9.17, 15) is 4.79 Å². The van der Waals surface area contributed by atoms with Crippen LogP contribution in [0, 0.1) is 13.8 Å². The monoisotopic (exact) mass is 655 g/mol. The summed E-state index contributed by atoms with van der Waals surface area (Å²) < 4.78 is 16.5. The van der Waals surface area contributed by atoms with Crippen LogP contribution in [0.1, 0.15) is 54.6 Å². The van der Waals surface area contributed by atoms with Gasteiger partial charge in [-0.25, -0.2) is 4.79 Å². The molecule has 248 valence electrons. The molecule has 2 aromatic heterocycles. The number of benzene rings is 3. The third-order valence-electron chi connectivity index (χ3n) is 9.06. The predicted molar refractivity (Wildman–Crippen MR) is 191 cm³/mol. The summed E-state index contributed by atoms with van der Waals surface area (Å²) in [6.07, 6.45) is 1.36. The van der Waals surface area contributed by atoms with Gasteiger partial charge in [0.2, 0.25) is 0 Å². The molecule has 3 aromatic carbocycles. The van der Waals surface area contributed by atoms with Crippen molar-refractivity contribution in [2.45, 2.75) is 59.6 Å². The summed E-state index contributed by atoms with van der Waals surface area (Å²) in [6, 6.07) is 18.4. The minimum absolute atomic E-state index is 0.319. The predicted octanol–water partition coefficient (Wildman–Crippen LogP) is 7.34. The Bertz CT molecular complexity index is 1910. The standard InChI is InChI=1S/C38H46ClN5O3/c1-25-33(26(2)42(6)41-25)34-31(39)17-16-30-29(14-10-24-46-32-15-9-12-27-11-7-8-13-28(27)32)36(37(45)47-38(3,4)5)44(35(30)34)23-22-43-20-18-40-19-21-43/h7-9,11-13,15-17,40H,10,14,18-24H2,1-6H3. The highest BCUT2D eigenvalue weighted by Crippen LogP contribution is 2.42. The van der Waals surface area contributed by atoms with Crippen LogP contribution in [0.25, 0.3) is 32.8 Å². The Morgan fingerprint density at radius 3 is 2.43 bits per heavy atom. The Labute approximate surface area is 282 Å². The van der Waals surface area contributed by atoms with Crippen LogP contribution in [0.3, 0.4) is 0 Å². The Morgan fingerprint density at radius 2 is 1.70 bits per heavy atom. The van der Waals surface area contributed by atoms with Gasteiger partial charge in [0.15, 0.2) is 0 Å². The lowest BCUT2D eigenvalue weighted by molar-refractivity contribution is 0.00561. The molecule has 1 N–H and O–H groups in total. The van der Waals surface area contributed by atoms with Crippen molar-refractivity contribution in [1.82, 2.24) is 24.6 Å². The molecule has 8 nitrogen and oxygen atoms in total. The van der Waals surface area contributed by atoms with Gasteiger partial charge in [-0.3, -0.25) is 9.58 Å². The Kier molecular flexibility index (Phi) is 9.65. The molecule has 1 saturated heterocycles. The number of hydrogen-bond acceptors (Lipinski definition) is 6. The number of carbonyl (C=O) groups is 1. The van der Waals surface area contributed by atoms with Gasteiger partial charge in [0.05, 0.1) is 22.8 Å². The zero-order valence-corrected chi connectivity index (χ0v) is 29.2. The number of carbonyl (C=O) groups excluding carboxylic acids is 1. The fourth-order valence-corrected chi connectivity index (χ4v) is 7.08. The van der Waals surface area contributed by atoms with Gasteiger partial charge in [-0.15, -0.1) is 0 Å². The van der Waals surface area contributed by atoms with Crippen LogP contribution in [0.5, 0.6) is 5.75 Å². The van der Waals surface area contributed by atoms with Gasteiger partial charge in [0.1, 0.15) is 17.0 Å². The maximum absolute atomic E-state index is 14.2. The zero-order valence-electron chi connectivity index (χ0n) is 28.5. The number of esters is 1. The minimum atomic E-state index is -0.650. The number of rotatable bonds is 10. The van der Waals surface area contributed by atoms with Gasteiger partial charge < -0.3 is 19.4 Å². The highest BCUT2D eigenvalue weighted by atomic mass is 35.5. The van der Waals surface area contributed by atoms with Crippen LogP contribution in [-0.4, -0.2) is 70.1 Å². The number of fused-ring (bicyclic) bond motifs is 2. The lowest BCUT2D eigenvalue weighted by Gasteiger charge is -2.28. The third-order valence-corrected chi connectivity index (χ3v) is 9.37. The van der Waals surface area contributed by atoms with Crippen LogP contribution in [0.4, 0.5) is 0 Å². The summed E-state index contributed by atoms with van der Waals surface area (Å²) in [6.45, 7) is 15.6. The van der Waals surface area contributed by atoms with E-state index in [2.05, 4.69) is 46.0 Å². The van der Waals surface area contributed by atoms with Crippen molar-refractivity contribution in [2.75, 3.05) is 39.3 Å². The second-order valence-electron chi connectivity index (χ2n) is 13.5. The van der Waals surface area contributed by atoms with Gasteiger partial charge in [-0.05, 0) is 70.5 Å². The van der Waals surface area contributed by atoms with Crippen LogP contribution < -0.4 is 10.1 Å². The van der Waals surface area contributed by atoms with Crippen molar-refractivity contribution >= 4 is 39.2 Å². The zero-order chi connectivity index (χ0) is 33.3. The quantitative estimate of drug-likeness (QED) is 0.125. The first-order valence-electron chi connectivity index (χ1n) is 16.6. The normalized spacial score (nSPS) is 14.3. The molecule has 1 aliphatic heterocycles. The van der Waals surface area contributed by atoms with E-state index in [0.29, 0.717) is 30.3 Å². The second-order valence-corrected chi connectivity index (χ2v) is 13.9. The third kappa shape index (κ3) is 6.91. The molecule has 1 fully saturated rings. The van der Waals surface area contributed by atoms with Gasteiger partial charge >= 0.3 is 5.97 Å². The molecule has 0 saturated carbocycles.